The predicted octanol–water partition coefficient (Wildman–Crippen LogP) is 3.33. The molecule has 3 amide bonds. The van der Waals surface area contributed by atoms with Crippen LogP contribution >= 0.6 is 11.8 Å². The molecular weight excluding hydrogens is 426 g/mol. The number of aryl methyl sites for hydroxylation is 2. The van der Waals surface area contributed by atoms with Gasteiger partial charge in [0.05, 0.1) is 12.8 Å². The maximum atomic E-state index is 11.8. The van der Waals surface area contributed by atoms with Crippen LogP contribution in [0.1, 0.15) is 28.9 Å². The first kappa shape index (κ1) is 21.9. The minimum atomic E-state index is -0.483. The zero-order valence-corrected chi connectivity index (χ0v) is 19.0. The number of nitrogens with one attached hydrogen (secondary N) is 2. The molecule has 0 bridgehead atoms. The molecule has 1 aliphatic heterocycles. The van der Waals surface area contributed by atoms with Crippen molar-refractivity contribution in [2.75, 3.05) is 7.11 Å². The van der Waals surface area contributed by atoms with Crippen molar-refractivity contribution in [3.05, 3.63) is 65.0 Å². The molecule has 0 aliphatic carbocycles. The van der Waals surface area contributed by atoms with Crippen LogP contribution in [0.4, 0.5) is 4.79 Å². The van der Waals surface area contributed by atoms with Gasteiger partial charge in [-0.1, -0.05) is 41.6 Å². The lowest BCUT2D eigenvalue weighted by Crippen LogP contribution is -2.53. The topological polar surface area (TPSA) is 98.1 Å². The van der Waals surface area contributed by atoms with Gasteiger partial charge >= 0.3 is 6.03 Å². The third kappa shape index (κ3) is 4.94. The van der Waals surface area contributed by atoms with Gasteiger partial charge in [0.1, 0.15) is 11.6 Å². The first-order valence-corrected chi connectivity index (χ1v) is 11.3. The average molecular weight is 452 g/mol. The number of thioether (sulfide) groups is 1. The minimum Gasteiger partial charge on any atom is -0.497 e. The first-order valence-electron chi connectivity index (χ1n) is 10.3. The lowest BCUT2D eigenvalue weighted by atomic mass is 10.1. The summed E-state index contributed by atoms with van der Waals surface area (Å²) in [7, 11) is 1.62. The number of nitrogens with zero attached hydrogens (tertiary/aromatic N) is 3. The molecule has 1 saturated heterocycles. The highest BCUT2D eigenvalue weighted by Crippen LogP contribution is 2.29. The largest absolute Gasteiger partial charge is 0.497 e. The van der Waals surface area contributed by atoms with E-state index in [0.29, 0.717) is 12.2 Å². The molecule has 4 rings (SSSR count). The zero-order chi connectivity index (χ0) is 22.7. The van der Waals surface area contributed by atoms with Crippen molar-refractivity contribution < 1.29 is 14.3 Å². The van der Waals surface area contributed by atoms with E-state index >= 15 is 0 Å². The zero-order valence-electron chi connectivity index (χ0n) is 18.2. The molecule has 1 aromatic heterocycles. The fraction of sp³-hybridized carbons (Fsp3) is 0.304. The lowest BCUT2D eigenvalue weighted by Gasteiger charge is -2.23. The van der Waals surface area contributed by atoms with E-state index in [1.54, 1.807) is 18.9 Å². The fourth-order valence-electron chi connectivity index (χ4n) is 3.65. The third-order valence-electron chi connectivity index (χ3n) is 5.32. The molecule has 1 fully saturated rings. The van der Waals surface area contributed by atoms with Crippen molar-refractivity contribution >= 4 is 23.7 Å². The van der Waals surface area contributed by atoms with Crippen LogP contribution in [0.15, 0.2) is 47.6 Å². The number of carbonyl (C=O) groups excluding carboxylic acids is 2. The Bertz CT molecular complexity index is 1140. The maximum Gasteiger partial charge on any atom is 0.321 e. The van der Waals surface area contributed by atoms with E-state index in [1.807, 2.05) is 28.8 Å². The summed E-state index contributed by atoms with van der Waals surface area (Å²) in [5.41, 5.74) is 4.55. The van der Waals surface area contributed by atoms with Crippen LogP contribution in [0.2, 0.25) is 0 Å². The van der Waals surface area contributed by atoms with Crippen LogP contribution in [0.3, 0.4) is 0 Å². The highest BCUT2D eigenvalue weighted by Gasteiger charge is 2.27. The van der Waals surface area contributed by atoms with Gasteiger partial charge in [0.2, 0.25) is 5.91 Å². The highest BCUT2D eigenvalue weighted by molar-refractivity contribution is 7.98. The van der Waals surface area contributed by atoms with Crippen molar-refractivity contribution in [1.82, 2.24) is 25.4 Å². The Morgan fingerprint density at radius 1 is 1.16 bits per heavy atom. The maximum absolute atomic E-state index is 11.8. The van der Waals surface area contributed by atoms with E-state index in [1.165, 1.54) is 16.7 Å². The van der Waals surface area contributed by atoms with Crippen LogP contribution in [-0.2, 0) is 17.0 Å². The second-order valence-corrected chi connectivity index (χ2v) is 8.72. The van der Waals surface area contributed by atoms with Crippen molar-refractivity contribution in [2.24, 2.45) is 0 Å². The summed E-state index contributed by atoms with van der Waals surface area (Å²) >= 11 is 1.60. The molecule has 1 aliphatic rings. The summed E-state index contributed by atoms with van der Waals surface area (Å²) in [5.74, 6) is 1.84. The van der Waals surface area contributed by atoms with Gasteiger partial charge < -0.3 is 10.1 Å². The Labute approximate surface area is 190 Å². The average Bonchev–Trinajstić information content (AvgIpc) is 3.16. The number of carbonyl (C=O) groups is 2. The number of aromatic nitrogens is 3. The Kier molecular flexibility index (Phi) is 6.45. The number of methoxy groups -OCH3 is 1. The number of amides is 3. The van der Waals surface area contributed by atoms with Crippen molar-refractivity contribution in [1.29, 1.82) is 0 Å². The summed E-state index contributed by atoms with van der Waals surface area (Å²) in [6, 6.07) is 13.3. The summed E-state index contributed by atoms with van der Waals surface area (Å²) in [4.78, 5) is 23.5. The number of hydrogen-bond donors (Lipinski definition) is 2. The quantitative estimate of drug-likeness (QED) is 0.535. The van der Waals surface area contributed by atoms with E-state index in [-0.39, 0.29) is 18.4 Å². The van der Waals surface area contributed by atoms with Crippen LogP contribution in [-0.4, -0.2) is 39.9 Å². The number of hydrogen-bond acceptors (Lipinski definition) is 6. The predicted molar refractivity (Wildman–Crippen MR) is 122 cm³/mol. The summed E-state index contributed by atoms with van der Waals surface area (Å²) in [6.45, 7) is 4.18. The van der Waals surface area contributed by atoms with Gasteiger partial charge in [-0.25, -0.2) is 4.79 Å². The summed E-state index contributed by atoms with van der Waals surface area (Å²) in [5, 5.41) is 14.6. The summed E-state index contributed by atoms with van der Waals surface area (Å²) < 4.78 is 7.37. The SMILES string of the molecule is COc1cccc(-n2c(CC3CC(=O)NC(=O)N3)nnc2SCc2cc(C)ccc2C)c1. The minimum absolute atomic E-state index is 0.196. The highest BCUT2D eigenvalue weighted by atomic mass is 32.2. The molecule has 1 atom stereocenters. The second-order valence-electron chi connectivity index (χ2n) is 7.78. The van der Waals surface area contributed by atoms with E-state index in [2.05, 4.69) is 52.9 Å². The van der Waals surface area contributed by atoms with Crippen LogP contribution in [0.25, 0.3) is 5.69 Å². The third-order valence-corrected chi connectivity index (χ3v) is 6.30. The molecule has 2 N–H and O–H groups in total. The Hall–Kier alpha value is -3.33. The Balaban J connectivity index is 1.66. The van der Waals surface area contributed by atoms with Gasteiger partial charge in [-0.15, -0.1) is 10.2 Å². The fourth-order valence-corrected chi connectivity index (χ4v) is 4.68. The number of benzene rings is 2. The van der Waals surface area contributed by atoms with Gasteiger partial charge in [0.25, 0.3) is 0 Å². The van der Waals surface area contributed by atoms with Gasteiger partial charge in [0, 0.05) is 30.7 Å². The molecule has 166 valence electrons. The van der Waals surface area contributed by atoms with Crippen molar-refractivity contribution in [3.63, 3.8) is 0 Å². The molecule has 0 spiro atoms. The Morgan fingerprint density at radius 3 is 2.78 bits per heavy atom. The smallest absolute Gasteiger partial charge is 0.321 e. The normalized spacial score (nSPS) is 15.9. The lowest BCUT2D eigenvalue weighted by molar-refractivity contribution is -0.121. The molecule has 0 radical (unpaired) electrons. The molecule has 3 aromatic rings. The number of urea groups is 1. The standard InChI is InChI=1S/C23H25N5O3S/c1-14-7-8-15(2)16(9-14)13-32-23-27-26-20(10-17-11-21(29)25-22(30)24-17)28(23)18-5-4-6-19(12-18)31-3/h4-9,12,17H,10-11,13H2,1-3H3,(H2,24,25,29,30). The molecule has 32 heavy (non-hydrogen) atoms. The number of imide groups is 1. The van der Waals surface area contributed by atoms with Gasteiger partial charge in [-0.05, 0) is 37.1 Å². The number of rotatable bonds is 7. The van der Waals surface area contributed by atoms with Crippen molar-refractivity contribution in [3.8, 4) is 11.4 Å². The van der Waals surface area contributed by atoms with Crippen molar-refractivity contribution in [2.45, 2.75) is 43.6 Å². The van der Waals surface area contributed by atoms with Gasteiger partial charge in [-0.3, -0.25) is 14.7 Å². The van der Waals surface area contributed by atoms with E-state index in [9.17, 15) is 9.59 Å². The van der Waals surface area contributed by atoms with E-state index in [4.69, 9.17) is 4.74 Å². The monoisotopic (exact) mass is 451 g/mol. The Morgan fingerprint density at radius 2 is 2.00 bits per heavy atom. The van der Waals surface area contributed by atoms with E-state index in [0.717, 1.165) is 22.3 Å². The molecule has 2 aromatic carbocycles. The van der Waals surface area contributed by atoms with E-state index < -0.39 is 6.03 Å². The number of ether oxygens (including phenoxy) is 1. The van der Waals surface area contributed by atoms with Gasteiger partial charge in [-0.2, -0.15) is 0 Å². The molecule has 2 heterocycles. The molecular formula is C23H25N5O3S. The molecule has 9 heteroatoms. The first-order chi connectivity index (χ1) is 15.4. The van der Waals surface area contributed by atoms with Crippen LogP contribution < -0.4 is 15.4 Å². The summed E-state index contributed by atoms with van der Waals surface area (Å²) in [6.07, 6.45) is 0.578. The molecule has 1 unspecified atom stereocenters. The second kappa shape index (κ2) is 9.44. The van der Waals surface area contributed by atoms with Gasteiger partial charge in [0.15, 0.2) is 5.16 Å². The van der Waals surface area contributed by atoms with Crippen LogP contribution in [0.5, 0.6) is 5.75 Å². The van der Waals surface area contributed by atoms with Crippen LogP contribution in [0, 0.1) is 13.8 Å². The molecule has 8 nitrogen and oxygen atoms in total. The molecule has 0 saturated carbocycles.